The number of ether oxygens (including phenoxy) is 4. The number of ketones is 1. The summed E-state index contributed by atoms with van der Waals surface area (Å²) in [6, 6.07) is 0. The number of cyclic esters (lactones) is 2. The lowest BCUT2D eigenvalue weighted by Crippen LogP contribution is -2.76. The fraction of sp³-hybridized carbons (Fsp3) is 0.750. The molecule has 38 heavy (non-hydrogen) atoms. The van der Waals surface area contributed by atoms with Gasteiger partial charge in [-0.05, 0) is 40.0 Å². The molecule has 0 bridgehead atoms. The first kappa shape index (κ1) is 28.3. The molecule has 0 radical (unpaired) electrons. The summed E-state index contributed by atoms with van der Waals surface area (Å²) < 4.78 is 22.9. The van der Waals surface area contributed by atoms with Crippen molar-refractivity contribution in [2.24, 2.45) is 34.0 Å². The van der Waals surface area contributed by atoms with Crippen molar-refractivity contribution in [1.82, 2.24) is 0 Å². The first-order valence-electron chi connectivity index (χ1n) is 13.0. The highest BCUT2D eigenvalue weighted by molar-refractivity contribution is 6.00. The van der Waals surface area contributed by atoms with E-state index in [0.717, 1.165) is 0 Å². The Morgan fingerprint density at radius 2 is 1.55 bits per heavy atom. The Morgan fingerprint density at radius 1 is 0.974 bits per heavy atom. The summed E-state index contributed by atoms with van der Waals surface area (Å²) in [6.45, 7) is 16.7. The SMILES string of the molecule is C=C1C[C@H]2[C@@](C)([C@@H]3C(=O)O[C@H](C)C(=O)[C@@]13C)[C@@H](OC(C)=O)[C@@H](O)[C@H]1C(C)(C)OC(=O)C[C@@H](OC(C)=O)[C@@]21C. The number of esters is 4. The molecule has 2 heterocycles. The summed E-state index contributed by atoms with van der Waals surface area (Å²) in [5.41, 5.74) is -4.69. The number of fused-ring (bicyclic) bond motifs is 5. The summed E-state index contributed by atoms with van der Waals surface area (Å²) in [7, 11) is 0. The minimum atomic E-state index is -1.46. The van der Waals surface area contributed by atoms with Crippen LogP contribution in [0.2, 0.25) is 0 Å². The largest absolute Gasteiger partial charge is 0.461 e. The molecule has 2 saturated heterocycles. The van der Waals surface area contributed by atoms with Gasteiger partial charge in [-0.15, -0.1) is 0 Å². The van der Waals surface area contributed by atoms with Crippen molar-refractivity contribution in [3.05, 3.63) is 12.2 Å². The van der Waals surface area contributed by atoms with Crippen LogP contribution < -0.4 is 0 Å². The molecule has 0 spiro atoms. The van der Waals surface area contributed by atoms with Crippen LogP contribution in [-0.4, -0.2) is 64.8 Å². The lowest BCUT2D eigenvalue weighted by molar-refractivity contribution is -0.289. The van der Waals surface area contributed by atoms with Crippen LogP contribution >= 0.6 is 0 Å². The standard InChI is InChI=1S/C28H38O10/c1-12-10-16-27(8)17(36-14(3)29)11-18(31)38-25(5,6)20(27)19(32)23(37-15(4)30)28(16,9)21-24(34)35-13(2)22(33)26(12,21)7/h13,16-17,19-21,23,32H,1,10-11H2,2-9H3/t13-,16-,17-,19+,20+,21-,23+,26+,27-,28+/m1/s1. The van der Waals surface area contributed by atoms with Crippen molar-refractivity contribution in [3.8, 4) is 0 Å². The van der Waals surface area contributed by atoms with Gasteiger partial charge in [0.25, 0.3) is 0 Å². The molecule has 4 fully saturated rings. The van der Waals surface area contributed by atoms with Crippen molar-refractivity contribution < 1.29 is 48.0 Å². The molecule has 0 unspecified atom stereocenters. The Morgan fingerprint density at radius 3 is 2.11 bits per heavy atom. The van der Waals surface area contributed by atoms with Gasteiger partial charge in [0.05, 0.1) is 23.9 Å². The van der Waals surface area contributed by atoms with Gasteiger partial charge >= 0.3 is 23.9 Å². The van der Waals surface area contributed by atoms with E-state index in [1.54, 1.807) is 34.6 Å². The zero-order chi connectivity index (χ0) is 28.7. The normalized spacial score (nSPS) is 45.9. The van der Waals surface area contributed by atoms with Crippen LogP contribution in [-0.2, 0) is 42.9 Å². The number of aliphatic hydroxyl groups excluding tert-OH is 1. The zero-order valence-electron chi connectivity index (χ0n) is 23.3. The summed E-state index contributed by atoms with van der Waals surface area (Å²) in [5.74, 6) is -5.62. The zero-order valence-corrected chi connectivity index (χ0v) is 23.3. The molecule has 2 aliphatic carbocycles. The second-order valence-corrected chi connectivity index (χ2v) is 12.5. The molecule has 0 amide bonds. The number of hydrogen-bond donors (Lipinski definition) is 1. The monoisotopic (exact) mass is 534 g/mol. The Bertz CT molecular complexity index is 1120. The van der Waals surface area contributed by atoms with Crippen LogP contribution in [0.5, 0.6) is 0 Å². The van der Waals surface area contributed by atoms with Gasteiger partial charge in [0.15, 0.2) is 11.9 Å². The smallest absolute Gasteiger partial charge is 0.311 e. The van der Waals surface area contributed by atoms with E-state index in [9.17, 15) is 29.1 Å². The summed E-state index contributed by atoms with van der Waals surface area (Å²) in [5, 5.41) is 12.1. The van der Waals surface area contributed by atoms with Gasteiger partial charge in [0.2, 0.25) is 0 Å². The number of carbonyl (C=O) groups excluding carboxylic acids is 5. The number of aliphatic hydroxyl groups is 1. The molecule has 2 aliphatic heterocycles. The van der Waals surface area contributed by atoms with Crippen molar-refractivity contribution in [2.45, 2.75) is 98.2 Å². The van der Waals surface area contributed by atoms with Gasteiger partial charge in [-0.1, -0.05) is 26.0 Å². The minimum Gasteiger partial charge on any atom is -0.461 e. The van der Waals surface area contributed by atoms with E-state index in [1.807, 2.05) is 0 Å². The molecule has 4 aliphatic rings. The first-order valence-corrected chi connectivity index (χ1v) is 13.0. The third kappa shape index (κ3) is 3.58. The van der Waals surface area contributed by atoms with E-state index in [0.29, 0.717) is 5.57 Å². The second kappa shape index (κ2) is 8.63. The van der Waals surface area contributed by atoms with E-state index in [4.69, 9.17) is 18.9 Å². The molecule has 4 rings (SSSR count). The van der Waals surface area contributed by atoms with Crippen molar-refractivity contribution >= 4 is 29.7 Å². The molecule has 0 aromatic carbocycles. The predicted molar refractivity (Wildman–Crippen MR) is 131 cm³/mol. The lowest BCUT2D eigenvalue weighted by atomic mass is 9.36. The third-order valence-electron chi connectivity index (χ3n) is 10.0. The summed E-state index contributed by atoms with van der Waals surface area (Å²) in [4.78, 5) is 64.9. The summed E-state index contributed by atoms with van der Waals surface area (Å²) >= 11 is 0. The van der Waals surface area contributed by atoms with Crippen LogP contribution in [0.4, 0.5) is 0 Å². The van der Waals surface area contributed by atoms with E-state index >= 15 is 0 Å². The number of hydrogen-bond acceptors (Lipinski definition) is 10. The Labute approximate surface area is 222 Å². The van der Waals surface area contributed by atoms with Crippen LogP contribution in [0.3, 0.4) is 0 Å². The highest BCUT2D eigenvalue weighted by atomic mass is 16.6. The van der Waals surface area contributed by atoms with Gasteiger partial charge in [-0.3, -0.25) is 24.0 Å². The fourth-order valence-electron chi connectivity index (χ4n) is 8.71. The van der Waals surface area contributed by atoms with Gasteiger partial charge < -0.3 is 24.1 Å². The highest BCUT2D eigenvalue weighted by Crippen LogP contribution is 2.71. The minimum absolute atomic E-state index is 0.189. The molecule has 0 aromatic rings. The topological polar surface area (TPSA) is 143 Å². The van der Waals surface area contributed by atoms with E-state index < -0.39 is 87.9 Å². The molecule has 210 valence electrons. The third-order valence-corrected chi connectivity index (χ3v) is 10.0. The molecular formula is C28H38O10. The second-order valence-electron chi connectivity index (χ2n) is 12.5. The fourth-order valence-corrected chi connectivity index (χ4v) is 8.71. The average molecular weight is 535 g/mol. The van der Waals surface area contributed by atoms with Crippen LogP contribution in [0, 0.1) is 34.0 Å². The van der Waals surface area contributed by atoms with Crippen molar-refractivity contribution in [3.63, 3.8) is 0 Å². The van der Waals surface area contributed by atoms with Gasteiger partial charge in [-0.2, -0.15) is 0 Å². The maximum Gasteiger partial charge on any atom is 0.311 e. The van der Waals surface area contributed by atoms with E-state index in [2.05, 4.69) is 6.58 Å². The van der Waals surface area contributed by atoms with Gasteiger partial charge in [-0.25, -0.2) is 0 Å². The number of allylic oxidation sites excluding steroid dienone is 1. The number of Topliss-reactive ketones (excluding diaryl/α,β-unsaturated/α-hetero) is 1. The molecule has 10 heteroatoms. The maximum atomic E-state index is 13.7. The molecule has 2 saturated carbocycles. The predicted octanol–water partition coefficient (Wildman–Crippen LogP) is 2.29. The quantitative estimate of drug-likeness (QED) is 0.318. The Kier molecular flexibility index (Phi) is 6.42. The van der Waals surface area contributed by atoms with Gasteiger partial charge in [0, 0.05) is 30.6 Å². The van der Waals surface area contributed by atoms with E-state index in [1.165, 1.54) is 20.8 Å². The molecule has 10 atom stereocenters. The summed E-state index contributed by atoms with van der Waals surface area (Å²) in [6.07, 6.45) is -4.86. The van der Waals surface area contributed by atoms with E-state index in [-0.39, 0.29) is 18.6 Å². The molecule has 0 aromatic heterocycles. The lowest BCUT2D eigenvalue weighted by Gasteiger charge is -2.69. The Balaban J connectivity index is 2.06. The first-order chi connectivity index (χ1) is 17.3. The maximum absolute atomic E-state index is 13.7. The number of carbonyl (C=O) groups is 5. The van der Waals surface area contributed by atoms with Crippen molar-refractivity contribution in [1.29, 1.82) is 0 Å². The number of rotatable bonds is 2. The average Bonchev–Trinajstić information content (AvgIpc) is 2.82. The van der Waals surface area contributed by atoms with Crippen LogP contribution in [0.25, 0.3) is 0 Å². The van der Waals surface area contributed by atoms with Crippen LogP contribution in [0.1, 0.15) is 68.2 Å². The Hall–Kier alpha value is -2.75. The molecule has 1 N–H and O–H groups in total. The highest BCUT2D eigenvalue weighted by Gasteiger charge is 2.78. The molecule has 10 nitrogen and oxygen atoms in total. The van der Waals surface area contributed by atoms with Crippen molar-refractivity contribution in [2.75, 3.05) is 0 Å². The van der Waals surface area contributed by atoms with Crippen LogP contribution in [0.15, 0.2) is 12.2 Å². The van der Waals surface area contributed by atoms with Gasteiger partial charge in [0.1, 0.15) is 17.8 Å². The molecular weight excluding hydrogens is 496 g/mol.